The highest BCUT2D eigenvalue weighted by Crippen LogP contribution is 2.31. The van der Waals surface area contributed by atoms with Crippen molar-refractivity contribution in [1.29, 1.82) is 5.26 Å². The summed E-state index contributed by atoms with van der Waals surface area (Å²) in [5.41, 5.74) is 3.95. The van der Waals surface area contributed by atoms with E-state index in [1.54, 1.807) is 22.6 Å². The summed E-state index contributed by atoms with van der Waals surface area (Å²) in [6.07, 6.45) is 1.68. The summed E-state index contributed by atoms with van der Waals surface area (Å²) in [5.74, 6) is -0.397. The van der Waals surface area contributed by atoms with E-state index in [-0.39, 0.29) is 5.78 Å². The summed E-state index contributed by atoms with van der Waals surface area (Å²) < 4.78 is 8.83. The molecule has 0 aliphatic carbocycles. The number of para-hydroxylation sites is 3. The normalized spacial score (nSPS) is 11.8. The number of nitrogens with zero attached hydrogens (tertiary/aromatic N) is 5. The minimum absolute atomic E-state index is 0.343. The van der Waals surface area contributed by atoms with Crippen LogP contribution in [0, 0.1) is 11.3 Å². The molecule has 7 heteroatoms. The predicted octanol–water partition coefficient (Wildman–Crippen LogP) is 4.92. The number of imidazole rings is 1. The zero-order valence-corrected chi connectivity index (χ0v) is 18.7. The van der Waals surface area contributed by atoms with Gasteiger partial charge in [0, 0.05) is 18.8 Å². The first-order valence-corrected chi connectivity index (χ1v) is 10.8. The molecular formula is C27H21N5O2. The maximum Gasteiger partial charge on any atom is 0.191 e. The van der Waals surface area contributed by atoms with E-state index in [1.165, 1.54) is 0 Å². The first-order valence-electron chi connectivity index (χ1n) is 10.8. The summed E-state index contributed by atoms with van der Waals surface area (Å²) >= 11 is 0. The van der Waals surface area contributed by atoms with Gasteiger partial charge in [-0.1, -0.05) is 42.5 Å². The molecule has 2 aromatic heterocycles. The third kappa shape index (κ3) is 3.61. The molecular weight excluding hydrogens is 426 g/mol. The van der Waals surface area contributed by atoms with Crippen LogP contribution in [0.2, 0.25) is 0 Å². The second-order valence-electron chi connectivity index (χ2n) is 7.85. The number of Topliss-reactive ketones (excluding diaryl/α,β-unsaturated/α-hetero) is 1. The van der Waals surface area contributed by atoms with Crippen molar-refractivity contribution >= 4 is 16.8 Å². The van der Waals surface area contributed by atoms with E-state index < -0.39 is 5.92 Å². The van der Waals surface area contributed by atoms with Crippen molar-refractivity contribution in [3.05, 3.63) is 96.4 Å². The van der Waals surface area contributed by atoms with Crippen LogP contribution in [0.3, 0.4) is 0 Å². The monoisotopic (exact) mass is 447 g/mol. The molecule has 0 aliphatic rings. The minimum Gasteiger partial charge on any atom is -0.497 e. The number of rotatable bonds is 6. The third-order valence-electron chi connectivity index (χ3n) is 5.81. The molecule has 166 valence electrons. The predicted molar refractivity (Wildman–Crippen MR) is 129 cm³/mol. The number of fused-ring (bicyclic) bond motifs is 1. The molecule has 0 fully saturated rings. The van der Waals surface area contributed by atoms with Crippen LogP contribution in [0.15, 0.2) is 85.1 Å². The molecule has 0 aliphatic heterocycles. The number of carbonyl (C=O) groups is 1. The van der Waals surface area contributed by atoms with Crippen molar-refractivity contribution < 1.29 is 9.53 Å². The summed E-state index contributed by atoms with van der Waals surface area (Å²) in [6, 6.07) is 26.6. The zero-order valence-electron chi connectivity index (χ0n) is 18.7. The third-order valence-corrected chi connectivity index (χ3v) is 5.81. The Morgan fingerprint density at radius 1 is 1.03 bits per heavy atom. The Balaban J connectivity index is 1.66. The number of methoxy groups -OCH3 is 1. The summed E-state index contributed by atoms with van der Waals surface area (Å²) in [7, 11) is 3.41. The molecule has 0 spiro atoms. The average molecular weight is 447 g/mol. The lowest BCUT2D eigenvalue weighted by Crippen LogP contribution is -2.16. The zero-order chi connectivity index (χ0) is 23.7. The van der Waals surface area contributed by atoms with Crippen LogP contribution in [0.1, 0.15) is 22.1 Å². The van der Waals surface area contributed by atoms with E-state index >= 15 is 0 Å². The van der Waals surface area contributed by atoms with Gasteiger partial charge in [-0.15, -0.1) is 0 Å². The Labute approximate surface area is 196 Å². The van der Waals surface area contributed by atoms with Crippen LogP contribution in [0.25, 0.3) is 28.0 Å². The van der Waals surface area contributed by atoms with Crippen LogP contribution in [-0.2, 0) is 7.05 Å². The lowest BCUT2D eigenvalue weighted by Gasteiger charge is -2.09. The Hall–Kier alpha value is -4.70. The summed E-state index contributed by atoms with van der Waals surface area (Å²) in [6.45, 7) is 0. The van der Waals surface area contributed by atoms with Gasteiger partial charge in [-0.25, -0.2) is 9.67 Å². The Kier molecular flexibility index (Phi) is 5.40. The Bertz CT molecular complexity index is 1540. The van der Waals surface area contributed by atoms with E-state index in [2.05, 4.69) is 11.1 Å². The number of ketones is 1. The molecule has 0 bridgehead atoms. The van der Waals surface area contributed by atoms with E-state index in [1.807, 2.05) is 85.9 Å². The summed E-state index contributed by atoms with van der Waals surface area (Å²) in [5, 5.41) is 14.8. The quantitative estimate of drug-likeness (QED) is 0.345. The largest absolute Gasteiger partial charge is 0.497 e. The molecule has 0 saturated carbocycles. The van der Waals surface area contributed by atoms with Gasteiger partial charge in [-0.05, 0) is 36.4 Å². The molecule has 0 saturated heterocycles. The molecule has 7 nitrogen and oxygen atoms in total. The molecule has 5 rings (SSSR count). The number of hydrogen-bond acceptors (Lipinski definition) is 5. The van der Waals surface area contributed by atoms with Crippen molar-refractivity contribution in [2.24, 2.45) is 7.05 Å². The van der Waals surface area contributed by atoms with Crippen LogP contribution < -0.4 is 4.74 Å². The lowest BCUT2D eigenvalue weighted by atomic mass is 9.96. The molecule has 0 radical (unpaired) electrons. The second-order valence-corrected chi connectivity index (χ2v) is 7.85. The first kappa shape index (κ1) is 21.2. The van der Waals surface area contributed by atoms with Crippen molar-refractivity contribution in [1.82, 2.24) is 19.3 Å². The number of aryl methyl sites for hydroxylation is 1. The molecule has 3 aromatic carbocycles. The van der Waals surface area contributed by atoms with Gasteiger partial charge in [0.15, 0.2) is 11.7 Å². The topological polar surface area (TPSA) is 85.7 Å². The smallest absolute Gasteiger partial charge is 0.191 e. The number of hydrogen-bond donors (Lipinski definition) is 0. The highest BCUT2D eigenvalue weighted by atomic mass is 16.5. The van der Waals surface area contributed by atoms with Crippen molar-refractivity contribution in [2.45, 2.75) is 5.92 Å². The summed E-state index contributed by atoms with van der Waals surface area (Å²) in [4.78, 5) is 18.4. The second kappa shape index (κ2) is 8.68. The standard InChI is InChI=1S/C27H21N5O2/c1-31-24-14-7-6-13-23(24)29-27(31)21(16-28)26(33)22-17-32(19-10-4-3-5-11-19)30-25(22)18-9-8-12-20(15-18)34-2/h3-15,17,21H,1-2H3/t21-/m1/s1. The van der Waals surface area contributed by atoms with E-state index in [0.717, 1.165) is 22.3 Å². The van der Waals surface area contributed by atoms with Crippen molar-refractivity contribution in [3.8, 4) is 28.8 Å². The van der Waals surface area contributed by atoms with E-state index in [9.17, 15) is 10.1 Å². The van der Waals surface area contributed by atoms with Crippen molar-refractivity contribution in [2.75, 3.05) is 7.11 Å². The molecule has 0 unspecified atom stereocenters. The van der Waals surface area contributed by atoms with Crippen LogP contribution >= 0.6 is 0 Å². The molecule has 1 atom stereocenters. The van der Waals surface area contributed by atoms with Gasteiger partial charge in [0.25, 0.3) is 0 Å². The van der Waals surface area contributed by atoms with Crippen LogP contribution in [-0.4, -0.2) is 32.2 Å². The van der Waals surface area contributed by atoms with Crippen LogP contribution in [0.4, 0.5) is 0 Å². The maximum atomic E-state index is 13.8. The van der Waals surface area contributed by atoms with Gasteiger partial charge in [-0.3, -0.25) is 4.79 Å². The Morgan fingerprint density at radius 2 is 1.79 bits per heavy atom. The van der Waals surface area contributed by atoms with E-state index in [0.29, 0.717) is 22.8 Å². The first-order chi connectivity index (χ1) is 16.6. The van der Waals surface area contributed by atoms with Crippen molar-refractivity contribution in [3.63, 3.8) is 0 Å². The van der Waals surface area contributed by atoms with Gasteiger partial charge < -0.3 is 9.30 Å². The fourth-order valence-corrected chi connectivity index (χ4v) is 4.06. The number of benzene rings is 3. The van der Waals surface area contributed by atoms with Gasteiger partial charge in [0.1, 0.15) is 17.3 Å². The van der Waals surface area contributed by atoms with Gasteiger partial charge in [0.2, 0.25) is 0 Å². The number of nitriles is 1. The minimum atomic E-state index is -1.09. The molecule has 5 aromatic rings. The van der Waals surface area contributed by atoms with Gasteiger partial charge >= 0.3 is 0 Å². The average Bonchev–Trinajstić information content (AvgIpc) is 3.48. The molecule has 2 heterocycles. The molecule has 0 N–H and O–H groups in total. The van der Waals surface area contributed by atoms with Gasteiger partial charge in [0.05, 0.1) is 35.5 Å². The van der Waals surface area contributed by atoms with Crippen LogP contribution in [0.5, 0.6) is 5.75 Å². The molecule has 34 heavy (non-hydrogen) atoms. The fourth-order valence-electron chi connectivity index (χ4n) is 4.06. The highest BCUT2D eigenvalue weighted by molar-refractivity contribution is 6.06. The number of aromatic nitrogens is 4. The Morgan fingerprint density at radius 3 is 2.53 bits per heavy atom. The fraction of sp³-hybridized carbons (Fsp3) is 0.111. The maximum absolute atomic E-state index is 13.8. The number of ether oxygens (including phenoxy) is 1. The van der Waals surface area contributed by atoms with Gasteiger partial charge in [-0.2, -0.15) is 10.4 Å². The lowest BCUT2D eigenvalue weighted by molar-refractivity contribution is 0.0976. The molecule has 0 amide bonds. The number of carbonyl (C=O) groups excluding carboxylic acids is 1. The van der Waals surface area contributed by atoms with E-state index in [4.69, 9.17) is 9.84 Å². The SMILES string of the molecule is COc1cccc(-c2nn(-c3ccccc3)cc2C(=O)[C@@H](C#N)c2nc3ccccc3n2C)c1. The highest BCUT2D eigenvalue weighted by Gasteiger charge is 2.31.